The first-order valence-electron chi connectivity index (χ1n) is 11.7. The van der Waals surface area contributed by atoms with Crippen LogP contribution in [0.2, 0.25) is 5.02 Å². The molecule has 0 atom stereocenters. The van der Waals surface area contributed by atoms with E-state index < -0.39 is 11.9 Å². The molecule has 0 unspecified atom stereocenters. The molecule has 188 valence electrons. The Bertz CT molecular complexity index is 1350. The van der Waals surface area contributed by atoms with Gasteiger partial charge in [0.2, 0.25) is 0 Å². The molecule has 0 bridgehead atoms. The monoisotopic (exact) mass is 510 g/mol. The van der Waals surface area contributed by atoms with E-state index in [0.717, 1.165) is 37.3 Å². The first-order chi connectivity index (χ1) is 17.4. The zero-order valence-electron chi connectivity index (χ0n) is 20.0. The number of halogens is 1. The number of anilines is 3. The highest BCUT2D eigenvalue weighted by Crippen LogP contribution is 2.31. The van der Waals surface area contributed by atoms with Crippen molar-refractivity contribution in [2.45, 2.75) is 25.3 Å². The van der Waals surface area contributed by atoms with Crippen LogP contribution in [0.1, 0.15) is 24.8 Å². The van der Waals surface area contributed by atoms with Crippen LogP contribution in [-0.2, 0) is 4.79 Å². The predicted molar refractivity (Wildman–Crippen MR) is 138 cm³/mol. The molecule has 0 spiro atoms. The lowest BCUT2D eigenvalue weighted by Gasteiger charge is -2.14. The van der Waals surface area contributed by atoms with Gasteiger partial charge in [0.15, 0.2) is 5.65 Å². The Hall–Kier alpha value is -3.83. The second kappa shape index (κ2) is 10.0. The SMILES string of the molecule is CN(C)CCCOc1ccc(Nc2cc(NC3CC3)n3ncc(/C=C4/NC(=O)NC4=O)c3n2)cc1Cl. The molecule has 1 aromatic carbocycles. The first kappa shape index (κ1) is 23.9. The van der Waals surface area contributed by atoms with Gasteiger partial charge in [-0.05, 0) is 57.6 Å². The van der Waals surface area contributed by atoms with Crippen LogP contribution >= 0.6 is 11.6 Å². The third-order valence-corrected chi connectivity index (χ3v) is 5.96. The summed E-state index contributed by atoms with van der Waals surface area (Å²) in [6.45, 7) is 1.52. The molecule has 2 fully saturated rings. The fourth-order valence-corrected chi connectivity index (χ4v) is 3.96. The Kier molecular flexibility index (Phi) is 6.66. The van der Waals surface area contributed by atoms with Crippen molar-refractivity contribution < 1.29 is 14.3 Å². The van der Waals surface area contributed by atoms with E-state index in [1.165, 1.54) is 0 Å². The number of aromatic nitrogens is 3. The summed E-state index contributed by atoms with van der Waals surface area (Å²) in [4.78, 5) is 30.3. The Morgan fingerprint density at radius 1 is 1.25 bits per heavy atom. The molecule has 2 aliphatic rings. The van der Waals surface area contributed by atoms with E-state index in [1.54, 1.807) is 22.9 Å². The number of ether oxygens (including phenoxy) is 1. The van der Waals surface area contributed by atoms with Crippen LogP contribution in [0, 0.1) is 0 Å². The molecule has 2 aromatic heterocycles. The average Bonchev–Trinajstić information content (AvgIpc) is 3.46. The van der Waals surface area contributed by atoms with Gasteiger partial charge in [-0.2, -0.15) is 9.61 Å². The van der Waals surface area contributed by atoms with Crippen molar-refractivity contribution in [1.82, 2.24) is 30.1 Å². The molecular weight excluding hydrogens is 484 g/mol. The maximum Gasteiger partial charge on any atom is 0.326 e. The molecule has 3 aromatic rings. The smallest absolute Gasteiger partial charge is 0.326 e. The van der Waals surface area contributed by atoms with E-state index in [1.807, 2.05) is 32.3 Å². The number of imide groups is 1. The van der Waals surface area contributed by atoms with E-state index in [-0.39, 0.29) is 5.70 Å². The zero-order chi connectivity index (χ0) is 25.2. The minimum atomic E-state index is -0.559. The van der Waals surface area contributed by atoms with Gasteiger partial charge in [0.1, 0.15) is 23.1 Å². The standard InChI is InChI=1S/C24H27ClN8O3/c1-32(2)8-3-9-36-19-7-6-16(11-17(19)25)27-20-12-21(28-15-4-5-15)33-22(30-20)14(13-26-33)10-18-23(34)31-24(35)29-18/h6-7,10-13,15,28H,3-5,8-9H2,1-2H3,(H,27,30)(H2,29,31,34,35)/b18-10+. The molecule has 3 heterocycles. The average molecular weight is 511 g/mol. The van der Waals surface area contributed by atoms with Crippen LogP contribution in [0.15, 0.2) is 36.2 Å². The molecule has 3 amide bonds. The lowest BCUT2D eigenvalue weighted by molar-refractivity contribution is -0.115. The number of fused-ring (bicyclic) bond motifs is 1. The van der Waals surface area contributed by atoms with Crippen LogP contribution in [0.25, 0.3) is 11.7 Å². The second-order valence-electron chi connectivity index (χ2n) is 9.02. The molecule has 11 nitrogen and oxygen atoms in total. The van der Waals surface area contributed by atoms with Gasteiger partial charge in [0.25, 0.3) is 5.91 Å². The van der Waals surface area contributed by atoms with Crippen LogP contribution < -0.4 is 26.0 Å². The molecule has 4 N–H and O–H groups in total. The predicted octanol–water partition coefficient (Wildman–Crippen LogP) is 3.21. The summed E-state index contributed by atoms with van der Waals surface area (Å²) in [6.07, 6.45) is 6.23. The minimum Gasteiger partial charge on any atom is -0.492 e. The normalized spacial score (nSPS) is 16.5. The summed E-state index contributed by atoms with van der Waals surface area (Å²) in [6, 6.07) is 7.20. The largest absolute Gasteiger partial charge is 0.492 e. The number of urea groups is 1. The molecular formula is C24H27ClN8O3. The number of nitrogens with one attached hydrogen (secondary N) is 4. The van der Waals surface area contributed by atoms with Gasteiger partial charge in [0.05, 0.1) is 17.8 Å². The summed E-state index contributed by atoms with van der Waals surface area (Å²) in [5.74, 6) is 1.47. The Morgan fingerprint density at radius 2 is 2.08 bits per heavy atom. The number of rotatable bonds is 10. The summed E-state index contributed by atoms with van der Waals surface area (Å²) in [5.41, 5.74) is 2.00. The van der Waals surface area contributed by atoms with Gasteiger partial charge < -0.3 is 25.6 Å². The number of benzene rings is 1. The first-order valence-corrected chi connectivity index (χ1v) is 12.1. The van der Waals surface area contributed by atoms with Crippen molar-refractivity contribution in [2.75, 3.05) is 37.9 Å². The number of hydrogen-bond donors (Lipinski definition) is 4. The third-order valence-electron chi connectivity index (χ3n) is 5.66. The van der Waals surface area contributed by atoms with Crippen molar-refractivity contribution in [3.05, 3.63) is 46.7 Å². The van der Waals surface area contributed by atoms with E-state index in [9.17, 15) is 9.59 Å². The van der Waals surface area contributed by atoms with Crippen LogP contribution in [0.3, 0.4) is 0 Å². The van der Waals surface area contributed by atoms with Crippen molar-refractivity contribution in [3.63, 3.8) is 0 Å². The fraction of sp³-hybridized carbons (Fsp3) is 0.333. The summed E-state index contributed by atoms with van der Waals surface area (Å²) in [5, 5.41) is 16.4. The maximum atomic E-state index is 12.0. The Balaban J connectivity index is 1.40. The van der Waals surface area contributed by atoms with E-state index in [4.69, 9.17) is 21.3 Å². The van der Waals surface area contributed by atoms with E-state index >= 15 is 0 Å². The molecule has 1 aliphatic heterocycles. The quantitative estimate of drug-likeness (QED) is 0.186. The number of carbonyl (C=O) groups excluding carboxylic acids is 2. The van der Waals surface area contributed by atoms with Gasteiger partial charge >= 0.3 is 6.03 Å². The number of amides is 3. The van der Waals surface area contributed by atoms with E-state index in [0.29, 0.717) is 40.4 Å². The summed E-state index contributed by atoms with van der Waals surface area (Å²) < 4.78 is 7.49. The Morgan fingerprint density at radius 3 is 2.78 bits per heavy atom. The van der Waals surface area contributed by atoms with Gasteiger partial charge in [-0.3, -0.25) is 10.1 Å². The summed E-state index contributed by atoms with van der Waals surface area (Å²) in [7, 11) is 4.05. The summed E-state index contributed by atoms with van der Waals surface area (Å²) >= 11 is 6.47. The lowest BCUT2D eigenvalue weighted by atomic mass is 10.2. The van der Waals surface area contributed by atoms with Crippen LogP contribution in [0.4, 0.5) is 22.1 Å². The van der Waals surface area contributed by atoms with Gasteiger partial charge in [-0.1, -0.05) is 11.6 Å². The van der Waals surface area contributed by atoms with Gasteiger partial charge in [0, 0.05) is 29.9 Å². The van der Waals surface area contributed by atoms with Crippen molar-refractivity contribution >= 4 is 52.6 Å². The highest BCUT2D eigenvalue weighted by molar-refractivity contribution is 6.32. The van der Waals surface area contributed by atoms with Gasteiger partial charge in [-0.15, -0.1) is 0 Å². The topological polar surface area (TPSA) is 125 Å². The zero-order valence-corrected chi connectivity index (χ0v) is 20.7. The minimum absolute atomic E-state index is 0.139. The van der Waals surface area contributed by atoms with Crippen molar-refractivity contribution in [3.8, 4) is 5.75 Å². The Labute approximate surface area is 212 Å². The molecule has 1 saturated heterocycles. The van der Waals surface area contributed by atoms with Gasteiger partial charge in [-0.25, -0.2) is 9.78 Å². The molecule has 1 saturated carbocycles. The third kappa shape index (κ3) is 5.52. The van der Waals surface area contributed by atoms with Crippen molar-refractivity contribution in [1.29, 1.82) is 0 Å². The molecule has 12 heteroatoms. The molecule has 5 rings (SSSR count). The second-order valence-corrected chi connectivity index (χ2v) is 9.43. The number of hydrogen-bond acceptors (Lipinski definition) is 8. The molecule has 0 radical (unpaired) electrons. The fourth-order valence-electron chi connectivity index (χ4n) is 3.73. The highest BCUT2D eigenvalue weighted by Gasteiger charge is 2.25. The number of carbonyl (C=O) groups is 2. The molecule has 1 aliphatic carbocycles. The highest BCUT2D eigenvalue weighted by atomic mass is 35.5. The molecule has 36 heavy (non-hydrogen) atoms. The maximum absolute atomic E-state index is 12.0. The van der Waals surface area contributed by atoms with Crippen LogP contribution in [-0.4, -0.2) is 64.7 Å². The van der Waals surface area contributed by atoms with Crippen molar-refractivity contribution in [2.24, 2.45) is 0 Å². The van der Waals surface area contributed by atoms with E-state index in [2.05, 4.69) is 31.3 Å². The number of nitrogens with zero attached hydrogens (tertiary/aromatic N) is 4. The lowest BCUT2D eigenvalue weighted by Crippen LogP contribution is -2.22. The van der Waals surface area contributed by atoms with Crippen LogP contribution in [0.5, 0.6) is 5.75 Å².